The molecule has 0 heterocycles. The molecule has 1 rings (SSSR count). The molecule has 0 aliphatic rings. The first-order valence-corrected chi connectivity index (χ1v) is 4.18. The summed E-state index contributed by atoms with van der Waals surface area (Å²) >= 11 is 0. The van der Waals surface area contributed by atoms with E-state index in [1.54, 1.807) is 12.1 Å². The van der Waals surface area contributed by atoms with Crippen molar-refractivity contribution in [3.05, 3.63) is 23.8 Å². The van der Waals surface area contributed by atoms with Crippen LogP contribution in [-0.4, -0.2) is 12.2 Å². The van der Waals surface area contributed by atoms with Crippen molar-refractivity contribution in [2.24, 2.45) is 5.73 Å². The Morgan fingerprint density at radius 3 is 2.86 bits per heavy atom. The molecule has 0 amide bonds. The first-order chi connectivity index (χ1) is 6.69. The molecule has 0 bridgehead atoms. The largest absolute Gasteiger partial charge is 0.504 e. The van der Waals surface area contributed by atoms with Crippen molar-refractivity contribution in [1.82, 2.24) is 0 Å². The van der Waals surface area contributed by atoms with Crippen LogP contribution < -0.4 is 10.5 Å². The van der Waals surface area contributed by atoms with Gasteiger partial charge in [0.05, 0.1) is 19.6 Å². The number of benzene rings is 1. The standard InChI is InChI=1S/C10H12N2O2/c1-14-10-3-2-7(6-9(10)13)8(12)4-5-11/h2-3,6,8,13H,4,12H2,1H3/t8-/m0/s1. The average molecular weight is 192 g/mol. The van der Waals surface area contributed by atoms with Crippen molar-refractivity contribution in [3.63, 3.8) is 0 Å². The van der Waals surface area contributed by atoms with Gasteiger partial charge in [0.2, 0.25) is 0 Å². The number of hydrogen-bond acceptors (Lipinski definition) is 4. The van der Waals surface area contributed by atoms with E-state index in [0.29, 0.717) is 5.75 Å². The monoisotopic (exact) mass is 192 g/mol. The molecule has 1 atom stereocenters. The molecule has 74 valence electrons. The van der Waals surface area contributed by atoms with Crippen molar-refractivity contribution < 1.29 is 9.84 Å². The normalized spacial score (nSPS) is 11.8. The van der Waals surface area contributed by atoms with Crippen LogP contribution in [0, 0.1) is 11.3 Å². The average Bonchev–Trinajstić information content (AvgIpc) is 2.18. The topological polar surface area (TPSA) is 79.3 Å². The van der Waals surface area contributed by atoms with Gasteiger partial charge in [-0.05, 0) is 17.7 Å². The Kier molecular flexibility index (Phi) is 3.32. The quantitative estimate of drug-likeness (QED) is 0.756. The van der Waals surface area contributed by atoms with Crippen molar-refractivity contribution in [3.8, 4) is 17.6 Å². The summed E-state index contributed by atoms with van der Waals surface area (Å²) in [6.07, 6.45) is 0.228. The number of nitrogens with two attached hydrogens (primary N) is 1. The number of rotatable bonds is 3. The number of nitrogens with zero attached hydrogens (tertiary/aromatic N) is 1. The minimum Gasteiger partial charge on any atom is -0.504 e. The van der Waals surface area contributed by atoms with Crippen molar-refractivity contribution in [2.45, 2.75) is 12.5 Å². The van der Waals surface area contributed by atoms with Gasteiger partial charge < -0.3 is 15.6 Å². The Morgan fingerprint density at radius 1 is 1.64 bits per heavy atom. The number of aromatic hydroxyl groups is 1. The summed E-state index contributed by atoms with van der Waals surface area (Å²) < 4.78 is 4.88. The molecule has 4 nitrogen and oxygen atoms in total. The summed E-state index contributed by atoms with van der Waals surface area (Å²) in [6, 6.07) is 6.49. The van der Waals surface area contributed by atoms with Crippen molar-refractivity contribution >= 4 is 0 Å². The molecule has 0 aliphatic carbocycles. The Morgan fingerprint density at radius 2 is 2.36 bits per heavy atom. The third-order valence-corrected chi connectivity index (χ3v) is 1.94. The van der Waals surface area contributed by atoms with Crippen molar-refractivity contribution in [2.75, 3.05) is 7.11 Å². The first kappa shape index (κ1) is 10.4. The van der Waals surface area contributed by atoms with Crippen LogP contribution in [0.2, 0.25) is 0 Å². The number of hydrogen-bond donors (Lipinski definition) is 2. The first-order valence-electron chi connectivity index (χ1n) is 4.18. The van der Waals surface area contributed by atoms with Gasteiger partial charge >= 0.3 is 0 Å². The smallest absolute Gasteiger partial charge is 0.160 e. The predicted molar refractivity (Wildman–Crippen MR) is 51.8 cm³/mol. The molecule has 0 saturated heterocycles. The molecule has 14 heavy (non-hydrogen) atoms. The van der Waals surface area contributed by atoms with Gasteiger partial charge in [-0.25, -0.2) is 0 Å². The summed E-state index contributed by atoms with van der Waals surface area (Å²) in [4.78, 5) is 0. The van der Waals surface area contributed by atoms with Crippen LogP contribution in [0.25, 0.3) is 0 Å². The molecular weight excluding hydrogens is 180 g/mol. The fourth-order valence-corrected chi connectivity index (χ4v) is 1.15. The second kappa shape index (κ2) is 4.49. The SMILES string of the molecule is COc1ccc([C@@H](N)CC#N)cc1O. The van der Waals surface area contributed by atoms with Crippen LogP contribution in [0.3, 0.4) is 0 Å². The maximum absolute atomic E-state index is 9.44. The van der Waals surface area contributed by atoms with E-state index in [1.165, 1.54) is 13.2 Å². The fourth-order valence-electron chi connectivity index (χ4n) is 1.15. The third-order valence-electron chi connectivity index (χ3n) is 1.94. The number of methoxy groups -OCH3 is 1. The Balaban J connectivity index is 2.92. The van der Waals surface area contributed by atoms with Gasteiger partial charge in [-0.3, -0.25) is 0 Å². The van der Waals surface area contributed by atoms with Crippen LogP contribution in [0.4, 0.5) is 0 Å². The van der Waals surface area contributed by atoms with Gasteiger partial charge in [-0.2, -0.15) is 5.26 Å². The van der Waals surface area contributed by atoms with E-state index < -0.39 is 0 Å². The summed E-state index contributed by atoms with van der Waals surface area (Å²) in [6.45, 7) is 0. The molecule has 0 saturated carbocycles. The molecule has 1 aromatic rings. The second-order valence-corrected chi connectivity index (χ2v) is 2.90. The molecule has 0 unspecified atom stereocenters. The van der Waals surface area contributed by atoms with Crippen LogP contribution in [-0.2, 0) is 0 Å². The summed E-state index contributed by atoms with van der Waals surface area (Å²) in [5.41, 5.74) is 6.42. The van der Waals surface area contributed by atoms with E-state index in [2.05, 4.69) is 0 Å². The Hall–Kier alpha value is -1.73. The highest BCUT2D eigenvalue weighted by Crippen LogP contribution is 2.28. The summed E-state index contributed by atoms with van der Waals surface area (Å²) in [5, 5.41) is 17.9. The zero-order chi connectivity index (χ0) is 10.6. The molecule has 4 heteroatoms. The Labute approximate surface area is 82.5 Å². The number of ether oxygens (including phenoxy) is 1. The number of phenolic OH excluding ortho intramolecular Hbond substituents is 1. The predicted octanol–water partition coefficient (Wildman–Crippen LogP) is 1.31. The van der Waals surface area contributed by atoms with Gasteiger partial charge in [0.15, 0.2) is 11.5 Å². The molecule has 0 fully saturated rings. The lowest BCUT2D eigenvalue weighted by Crippen LogP contribution is -2.08. The molecular formula is C10H12N2O2. The van der Waals surface area contributed by atoms with E-state index in [1.807, 2.05) is 6.07 Å². The van der Waals surface area contributed by atoms with E-state index in [0.717, 1.165) is 5.56 Å². The minimum absolute atomic E-state index is 0.0402. The lowest BCUT2D eigenvalue weighted by atomic mass is 10.0. The van der Waals surface area contributed by atoms with Gasteiger partial charge in [-0.1, -0.05) is 6.07 Å². The van der Waals surface area contributed by atoms with Gasteiger partial charge in [-0.15, -0.1) is 0 Å². The van der Waals surface area contributed by atoms with Crippen LogP contribution >= 0.6 is 0 Å². The molecule has 0 spiro atoms. The Bertz CT molecular complexity index is 358. The number of nitriles is 1. The van der Waals surface area contributed by atoms with E-state index in [-0.39, 0.29) is 18.2 Å². The highest BCUT2D eigenvalue weighted by molar-refractivity contribution is 5.42. The fraction of sp³-hybridized carbons (Fsp3) is 0.300. The molecule has 0 aliphatic heterocycles. The molecule has 1 aromatic carbocycles. The lowest BCUT2D eigenvalue weighted by molar-refractivity contribution is 0.373. The van der Waals surface area contributed by atoms with Gasteiger partial charge in [0.25, 0.3) is 0 Å². The van der Waals surface area contributed by atoms with Crippen LogP contribution in [0.5, 0.6) is 11.5 Å². The summed E-state index contributed by atoms with van der Waals surface area (Å²) in [5.74, 6) is 0.441. The molecule has 3 N–H and O–H groups in total. The summed E-state index contributed by atoms with van der Waals surface area (Å²) in [7, 11) is 1.48. The van der Waals surface area contributed by atoms with Crippen LogP contribution in [0.15, 0.2) is 18.2 Å². The van der Waals surface area contributed by atoms with E-state index in [9.17, 15) is 5.11 Å². The maximum atomic E-state index is 9.44. The van der Waals surface area contributed by atoms with Gasteiger partial charge in [0.1, 0.15) is 0 Å². The highest BCUT2D eigenvalue weighted by Gasteiger charge is 2.08. The minimum atomic E-state index is -0.364. The van der Waals surface area contributed by atoms with Crippen molar-refractivity contribution in [1.29, 1.82) is 5.26 Å². The van der Waals surface area contributed by atoms with E-state index in [4.69, 9.17) is 15.7 Å². The van der Waals surface area contributed by atoms with Crippen LogP contribution in [0.1, 0.15) is 18.0 Å². The lowest BCUT2D eigenvalue weighted by Gasteiger charge is -2.10. The maximum Gasteiger partial charge on any atom is 0.160 e. The second-order valence-electron chi connectivity index (χ2n) is 2.90. The third kappa shape index (κ3) is 2.15. The number of phenols is 1. The molecule has 0 radical (unpaired) electrons. The zero-order valence-electron chi connectivity index (χ0n) is 7.90. The van der Waals surface area contributed by atoms with Gasteiger partial charge in [0, 0.05) is 6.04 Å². The zero-order valence-corrected chi connectivity index (χ0v) is 7.90. The van der Waals surface area contributed by atoms with E-state index >= 15 is 0 Å². The molecule has 0 aromatic heterocycles. The highest BCUT2D eigenvalue weighted by atomic mass is 16.5.